The highest BCUT2D eigenvalue weighted by Crippen LogP contribution is 1.91. The van der Waals surface area contributed by atoms with Crippen molar-refractivity contribution in [2.45, 2.75) is 19.9 Å². The molecule has 0 aliphatic heterocycles. The van der Waals surface area contributed by atoms with Gasteiger partial charge < -0.3 is 0 Å². The summed E-state index contributed by atoms with van der Waals surface area (Å²) in [7, 11) is 0. The Morgan fingerprint density at radius 1 is 1.70 bits per heavy atom. The van der Waals surface area contributed by atoms with Crippen LogP contribution in [-0.4, -0.2) is 21.7 Å². The standard InChI is InChI=1S/C6H10FN3/c1-2-6-5-8-10(9-6)4-3-7/h5H,2-4H2,1H3. The first-order valence-electron chi connectivity index (χ1n) is 3.31. The third-order valence-corrected chi connectivity index (χ3v) is 1.23. The van der Waals surface area contributed by atoms with Gasteiger partial charge in [0.05, 0.1) is 18.4 Å². The van der Waals surface area contributed by atoms with Crippen molar-refractivity contribution in [2.24, 2.45) is 0 Å². The normalized spacial score (nSPS) is 10.2. The Kier molecular flexibility index (Phi) is 2.36. The molecule has 10 heavy (non-hydrogen) atoms. The van der Waals surface area contributed by atoms with E-state index in [4.69, 9.17) is 0 Å². The molecule has 0 aliphatic carbocycles. The summed E-state index contributed by atoms with van der Waals surface area (Å²) >= 11 is 0. The summed E-state index contributed by atoms with van der Waals surface area (Å²) < 4.78 is 11.7. The molecule has 1 aromatic rings. The zero-order valence-corrected chi connectivity index (χ0v) is 5.92. The molecular formula is C6H10FN3. The average molecular weight is 143 g/mol. The fourth-order valence-corrected chi connectivity index (χ4v) is 0.679. The van der Waals surface area contributed by atoms with Crippen molar-refractivity contribution < 1.29 is 4.39 Å². The number of alkyl halides is 1. The fraction of sp³-hybridized carbons (Fsp3) is 0.667. The van der Waals surface area contributed by atoms with E-state index in [2.05, 4.69) is 10.2 Å². The molecular weight excluding hydrogens is 133 g/mol. The number of rotatable bonds is 3. The SMILES string of the molecule is CCc1cnn(CCF)n1. The topological polar surface area (TPSA) is 30.7 Å². The predicted molar refractivity (Wildman–Crippen MR) is 35.4 cm³/mol. The second-order valence-electron chi connectivity index (χ2n) is 1.97. The first-order chi connectivity index (χ1) is 4.86. The highest BCUT2D eigenvalue weighted by Gasteiger charge is 1.95. The molecule has 3 nitrogen and oxygen atoms in total. The third kappa shape index (κ3) is 1.52. The minimum Gasteiger partial charge on any atom is -0.249 e. The molecule has 0 aliphatic rings. The molecule has 0 spiro atoms. The molecule has 0 radical (unpaired) electrons. The molecule has 0 atom stereocenters. The monoisotopic (exact) mass is 143 g/mol. The summed E-state index contributed by atoms with van der Waals surface area (Å²) in [5, 5.41) is 7.83. The molecule has 0 fully saturated rings. The Morgan fingerprint density at radius 3 is 3.00 bits per heavy atom. The summed E-state index contributed by atoms with van der Waals surface area (Å²) in [6.45, 7) is 1.85. The lowest BCUT2D eigenvalue weighted by molar-refractivity contribution is 0.401. The lowest BCUT2D eigenvalue weighted by Gasteiger charge is -1.90. The molecule has 0 amide bonds. The summed E-state index contributed by atoms with van der Waals surface area (Å²) in [6.07, 6.45) is 2.52. The molecule has 56 valence electrons. The minimum absolute atomic E-state index is 0.264. The van der Waals surface area contributed by atoms with Crippen molar-refractivity contribution in [3.63, 3.8) is 0 Å². The molecule has 1 rings (SSSR count). The first kappa shape index (κ1) is 7.18. The van der Waals surface area contributed by atoms with E-state index >= 15 is 0 Å². The van der Waals surface area contributed by atoms with Crippen LogP contribution >= 0.6 is 0 Å². The van der Waals surface area contributed by atoms with E-state index in [9.17, 15) is 4.39 Å². The van der Waals surface area contributed by atoms with Crippen molar-refractivity contribution in [3.05, 3.63) is 11.9 Å². The number of hydrogen-bond acceptors (Lipinski definition) is 2. The largest absolute Gasteiger partial charge is 0.249 e. The van der Waals surface area contributed by atoms with Gasteiger partial charge in [0.25, 0.3) is 0 Å². The average Bonchev–Trinajstić information content (AvgIpc) is 2.37. The fourth-order valence-electron chi connectivity index (χ4n) is 0.679. The van der Waals surface area contributed by atoms with E-state index in [-0.39, 0.29) is 6.54 Å². The summed E-state index contributed by atoms with van der Waals surface area (Å²) in [6, 6.07) is 0. The highest BCUT2D eigenvalue weighted by atomic mass is 19.1. The van der Waals surface area contributed by atoms with Gasteiger partial charge in [-0.2, -0.15) is 15.0 Å². The Morgan fingerprint density at radius 2 is 2.50 bits per heavy atom. The van der Waals surface area contributed by atoms with Gasteiger partial charge in [-0.25, -0.2) is 4.39 Å². The lowest BCUT2D eigenvalue weighted by atomic mass is 10.4. The molecule has 0 unspecified atom stereocenters. The lowest BCUT2D eigenvalue weighted by Crippen LogP contribution is -2.03. The number of halogens is 1. The Bertz CT molecular complexity index is 197. The van der Waals surface area contributed by atoms with Gasteiger partial charge in [-0.1, -0.05) is 6.92 Å². The van der Waals surface area contributed by atoms with Crippen molar-refractivity contribution in [2.75, 3.05) is 6.67 Å². The minimum atomic E-state index is -0.405. The van der Waals surface area contributed by atoms with Gasteiger partial charge in [0.15, 0.2) is 0 Å². The molecule has 0 aromatic carbocycles. The van der Waals surface area contributed by atoms with Crippen LogP contribution in [0.4, 0.5) is 4.39 Å². The van der Waals surface area contributed by atoms with E-state index in [0.29, 0.717) is 0 Å². The highest BCUT2D eigenvalue weighted by molar-refractivity contribution is 4.89. The molecule has 4 heteroatoms. The van der Waals surface area contributed by atoms with Crippen LogP contribution in [0.1, 0.15) is 12.6 Å². The van der Waals surface area contributed by atoms with Crippen LogP contribution in [0.5, 0.6) is 0 Å². The van der Waals surface area contributed by atoms with E-state index < -0.39 is 6.67 Å². The number of nitrogens with zero attached hydrogens (tertiary/aromatic N) is 3. The Balaban J connectivity index is 2.59. The van der Waals surface area contributed by atoms with Crippen LogP contribution < -0.4 is 0 Å². The van der Waals surface area contributed by atoms with Gasteiger partial charge in [-0.15, -0.1) is 0 Å². The second-order valence-corrected chi connectivity index (χ2v) is 1.97. The maximum absolute atomic E-state index is 11.7. The maximum atomic E-state index is 11.7. The zero-order chi connectivity index (χ0) is 7.40. The van der Waals surface area contributed by atoms with Crippen molar-refractivity contribution >= 4 is 0 Å². The predicted octanol–water partition coefficient (Wildman–Crippen LogP) is 0.810. The van der Waals surface area contributed by atoms with Gasteiger partial charge in [0.2, 0.25) is 0 Å². The smallest absolute Gasteiger partial charge is 0.111 e. The van der Waals surface area contributed by atoms with Crippen LogP contribution in [0, 0.1) is 0 Å². The second kappa shape index (κ2) is 3.29. The van der Waals surface area contributed by atoms with Crippen LogP contribution in [0.3, 0.4) is 0 Å². The van der Waals surface area contributed by atoms with E-state index in [1.54, 1.807) is 6.20 Å². The summed E-state index contributed by atoms with van der Waals surface area (Å²) in [5.74, 6) is 0. The third-order valence-electron chi connectivity index (χ3n) is 1.23. The van der Waals surface area contributed by atoms with E-state index in [0.717, 1.165) is 12.1 Å². The molecule has 1 aromatic heterocycles. The maximum Gasteiger partial charge on any atom is 0.111 e. The summed E-state index contributed by atoms with van der Waals surface area (Å²) in [4.78, 5) is 1.37. The van der Waals surface area contributed by atoms with Crippen LogP contribution in [0.2, 0.25) is 0 Å². The first-order valence-corrected chi connectivity index (χ1v) is 3.31. The van der Waals surface area contributed by atoms with Crippen LogP contribution in [-0.2, 0) is 13.0 Å². The molecule has 0 bridgehead atoms. The Hall–Kier alpha value is -0.930. The van der Waals surface area contributed by atoms with Gasteiger partial charge in [-0.3, -0.25) is 0 Å². The van der Waals surface area contributed by atoms with Crippen LogP contribution in [0.15, 0.2) is 6.20 Å². The van der Waals surface area contributed by atoms with Gasteiger partial charge in [-0.05, 0) is 6.42 Å². The number of hydrogen-bond donors (Lipinski definition) is 0. The quantitative estimate of drug-likeness (QED) is 0.626. The van der Waals surface area contributed by atoms with Gasteiger partial charge >= 0.3 is 0 Å². The van der Waals surface area contributed by atoms with Crippen LogP contribution in [0.25, 0.3) is 0 Å². The van der Waals surface area contributed by atoms with Crippen molar-refractivity contribution in [1.29, 1.82) is 0 Å². The summed E-state index contributed by atoms with van der Waals surface area (Å²) in [5.41, 5.74) is 0.911. The number of aromatic nitrogens is 3. The van der Waals surface area contributed by atoms with Gasteiger partial charge in [0, 0.05) is 0 Å². The van der Waals surface area contributed by atoms with Gasteiger partial charge in [0.1, 0.15) is 6.67 Å². The van der Waals surface area contributed by atoms with Crippen molar-refractivity contribution in [1.82, 2.24) is 15.0 Å². The number of aryl methyl sites for hydroxylation is 2. The zero-order valence-electron chi connectivity index (χ0n) is 5.92. The molecule has 1 heterocycles. The van der Waals surface area contributed by atoms with Crippen molar-refractivity contribution in [3.8, 4) is 0 Å². The molecule has 0 saturated heterocycles. The Labute approximate surface area is 58.9 Å². The van der Waals surface area contributed by atoms with E-state index in [1.165, 1.54) is 4.80 Å². The molecule has 0 N–H and O–H groups in total. The van der Waals surface area contributed by atoms with E-state index in [1.807, 2.05) is 6.92 Å². The molecule has 0 saturated carbocycles.